The van der Waals surface area contributed by atoms with Gasteiger partial charge in [-0.15, -0.1) is 0 Å². The lowest BCUT2D eigenvalue weighted by Crippen LogP contribution is -2.45. The van der Waals surface area contributed by atoms with Gasteiger partial charge >= 0.3 is 0 Å². The standard InChI is InChI=1S/C17H18Cl2N2O/c1-17(2,3)21(11-12-7-5-4-6-8-12)16(22)13-9-14(18)20-15(19)10-13/h4-10H,11H2,1-3H3. The molecule has 116 valence electrons. The van der Waals surface area contributed by atoms with Gasteiger partial charge in [0.05, 0.1) is 0 Å². The van der Waals surface area contributed by atoms with Gasteiger partial charge in [-0.2, -0.15) is 0 Å². The van der Waals surface area contributed by atoms with E-state index in [1.807, 2.05) is 51.1 Å². The maximum Gasteiger partial charge on any atom is 0.254 e. The van der Waals surface area contributed by atoms with Crippen molar-refractivity contribution in [2.75, 3.05) is 0 Å². The third-order valence-corrected chi connectivity index (χ3v) is 3.64. The van der Waals surface area contributed by atoms with E-state index >= 15 is 0 Å². The van der Waals surface area contributed by atoms with Crippen molar-refractivity contribution in [2.24, 2.45) is 0 Å². The molecule has 0 aliphatic rings. The van der Waals surface area contributed by atoms with Crippen LogP contribution >= 0.6 is 23.2 Å². The van der Waals surface area contributed by atoms with Gasteiger partial charge in [0.15, 0.2) is 0 Å². The number of pyridine rings is 1. The molecule has 1 aromatic carbocycles. The first-order valence-electron chi connectivity index (χ1n) is 6.96. The third kappa shape index (κ3) is 4.21. The van der Waals surface area contributed by atoms with E-state index < -0.39 is 0 Å². The quantitative estimate of drug-likeness (QED) is 0.752. The number of carbonyl (C=O) groups excluding carboxylic acids is 1. The Hall–Kier alpha value is -1.58. The summed E-state index contributed by atoms with van der Waals surface area (Å²) in [5, 5.41) is 0.425. The zero-order valence-electron chi connectivity index (χ0n) is 12.8. The molecule has 2 rings (SSSR count). The van der Waals surface area contributed by atoms with Crippen LogP contribution in [-0.2, 0) is 6.54 Å². The summed E-state index contributed by atoms with van der Waals surface area (Å²) in [6.07, 6.45) is 0. The Bertz CT molecular complexity index is 646. The minimum Gasteiger partial charge on any atom is -0.329 e. The normalized spacial score (nSPS) is 11.3. The van der Waals surface area contributed by atoms with Gasteiger partial charge in [0.2, 0.25) is 0 Å². The van der Waals surface area contributed by atoms with Crippen LogP contribution in [0.25, 0.3) is 0 Å². The van der Waals surface area contributed by atoms with E-state index in [2.05, 4.69) is 4.98 Å². The van der Waals surface area contributed by atoms with Crippen LogP contribution in [0.2, 0.25) is 10.3 Å². The highest BCUT2D eigenvalue weighted by atomic mass is 35.5. The molecule has 3 nitrogen and oxygen atoms in total. The predicted molar refractivity (Wildman–Crippen MR) is 90.3 cm³/mol. The van der Waals surface area contributed by atoms with Gasteiger partial charge in [0.25, 0.3) is 5.91 Å². The van der Waals surface area contributed by atoms with Crippen molar-refractivity contribution >= 4 is 29.1 Å². The molecule has 0 atom stereocenters. The first-order valence-corrected chi connectivity index (χ1v) is 7.72. The SMILES string of the molecule is CC(C)(C)N(Cc1ccccc1)C(=O)c1cc(Cl)nc(Cl)c1. The van der Waals surface area contributed by atoms with E-state index in [4.69, 9.17) is 23.2 Å². The van der Waals surface area contributed by atoms with Crippen molar-refractivity contribution in [3.63, 3.8) is 0 Å². The Morgan fingerprint density at radius 3 is 2.14 bits per heavy atom. The molecule has 0 spiro atoms. The fourth-order valence-electron chi connectivity index (χ4n) is 2.12. The summed E-state index contributed by atoms with van der Waals surface area (Å²) >= 11 is 11.8. The van der Waals surface area contributed by atoms with Crippen molar-refractivity contribution in [2.45, 2.75) is 32.9 Å². The maximum absolute atomic E-state index is 12.9. The smallest absolute Gasteiger partial charge is 0.254 e. The van der Waals surface area contributed by atoms with Crippen LogP contribution in [0.3, 0.4) is 0 Å². The second-order valence-electron chi connectivity index (χ2n) is 6.05. The van der Waals surface area contributed by atoms with Crippen LogP contribution < -0.4 is 0 Å². The highest BCUT2D eigenvalue weighted by molar-refractivity contribution is 6.33. The maximum atomic E-state index is 12.9. The molecule has 0 bridgehead atoms. The number of halogens is 2. The van der Waals surface area contributed by atoms with Gasteiger partial charge in [-0.1, -0.05) is 53.5 Å². The summed E-state index contributed by atoms with van der Waals surface area (Å²) in [5.41, 5.74) is 1.17. The lowest BCUT2D eigenvalue weighted by molar-refractivity contribution is 0.0559. The minimum atomic E-state index is -0.338. The van der Waals surface area contributed by atoms with E-state index in [-0.39, 0.29) is 21.8 Å². The number of carbonyl (C=O) groups is 1. The first-order chi connectivity index (χ1) is 10.3. The summed E-state index contributed by atoms with van der Waals surface area (Å²) < 4.78 is 0. The number of rotatable bonds is 3. The molecular weight excluding hydrogens is 319 g/mol. The van der Waals surface area contributed by atoms with E-state index in [0.717, 1.165) is 5.56 Å². The second-order valence-corrected chi connectivity index (χ2v) is 6.82. The second kappa shape index (κ2) is 6.67. The zero-order chi connectivity index (χ0) is 16.3. The molecule has 0 aliphatic heterocycles. The topological polar surface area (TPSA) is 33.2 Å². The largest absolute Gasteiger partial charge is 0.329 e. The van der Waals surface area contributed by atoms with E-state index in [0.29, 0.717) is 12.1 Å². The lowest BCUT2D eigenvalue weighted by atomic mass is 10.0. The van der Waals surface area contributed by atoms with E-state index in [1.165, 1.54) is 0 Å². The molecule has 2 aromatic rings. The van der Waals surface area contributed by atoms with Gasteiger partial charge in [0, 0.05) is 17.6 Å². The van der Waals surface area contributed by atoms with Crippen LogP contribution in [0.4, 0.5) is 0 Å². The molecule has 0 radical (unpaired) electrons. The fraction of sp³-hybridized carbons (Fsp3) is 0.294. The molecule has 22 heavy (non-hydrogen) atoms. The molecule has 1 aromatic heterocycles. The molecule has 0 unspecified atom stereocenters. The Labute approximate surface area is 140 Å². The highest BCUT2D eigenvalue weighted by Gasteiger charge is 2.28. The Morgan fingerprint density at radius 2 is 1.64 bits per heavy atom. The van der Waals surface area contributed by atoms with E-state index in [1.54, 1.807) is 17.0 Å². The molecule has 0 fully saturated rings. The Morgan fingerprint density at radius 1 is 1.09 bits per heavy atom. The van der Waals surface area contributed by atoms with Gasteiger partial charge in [0.1, 0.15) is 10.3 Å². The third-order valence-electron chi connectivity index (χ3n) is 3.25. The molecule has 0 saturated carbocycles. The van der Waals surface area contributed by atoms with E-state index in [9.17, 15) is 4.79 Å². The zero-order valence-corrected chi connectivity index (χ0v) is 14.3. The summed E-state index contributed by atoms with van der Waals surface area (Å²) in [4.78, 5) is 18.6. The molecule has 1 heterocycles. The van der Waals surface area contributed by atoms with Crippen molar-refractivity contribution in [1.29, 1.82) is 0 Å². The molecular formula is C17H18Cl2N2O. The van der Waals surface area contributed by atoms with Crippen LogP contribution in [0.15, 0.2) is 42.5 Å². The van der Waals surface area contributed by atoms with Crippen molar-refractivity contribution in [1.82, 2.24) is 9.88 Å². The molecule has 5 heteroatoms. The summed E-state index contributed by atoms with van der Waals surface area (Å²) in [5.74, 6) is -0.123. The number of nitrogens with zero attached hydrogens (tertiary/aromatic N) is 2. The summed E-state index contributed by atoms with van der Waals surface area (Å²) in [6, 6.07) is 13.0. The average Bonchev–Trinajstić information content (AvgIpc) is 2.43. The van der Waals surface area contributed by atoms with Crippen molar-refractivity contribution in [3.8, 4) is 0 Å². The fourth-order valence-corrected chi connectivity index (χ4v) is 2.58. The van der Waals surface area contributed by atoms with Gasteiger partial charge in [-0.05, 0) is 38.5 Å². The summed E-state index contributed by atoms with van der Waals surface area (Å²) in [7, 11) is 0. The molecule has 0 aliphatic carbocycles. The average molecular weight is 337 g/mol. The number of benzene rings is 1. The first kappa shape index (κ1) is 16.8. The predicted octanol–water partition coefficient (Wildman–Crippen LogP) is 4.83. The van der Waals surface area contributed by atoms with Gasteiger partial charge in [-0.25, -0.2) is 4.98 Å². The summed E-state index contributed by atoms with van der Waals surface area (Å²) in [6.45, 7) is 6.51. The molecule has 0 N–H and O–H groups in total. The Kier molecular flexibility index (Phi) is 5.09. The number of amides is 1. The minimum absolute atomic E-state index is 0.123. The van der Waals surface area contributed by atoms with Gasteiger partial charge < -0.3 is 4.90 Å². The Balaban J connectivity index is 2.35. The van der Waals surface area contributed by atoms with Crippen LogP contribution in [0.5, 0.6) is 0 Å². The number of aromatic nitrogens is 1. The highest BCUT2D eigenvalue weighted by Crippen LogP contribution is 2.23. The molecule has 0 saturated heterocycles. The van der Waals surface area contributed by atoms with Crippen LogP contribution in [-0.4, -0.2) is 21.3 Å². The monoisotopic (exact) mass is 336 g/mol. The van der Waals surface area contributed by atoms with Crippen LogP contribution in [0.1, 0.15) is 36.7 Å². The van der Waals surface area contributed by atoms with Gasteiger partial charge in [-0.3, -0.25) is 4.79 Å². The molecule has 1 amide bonds. The number of hydrogen-bond acceptors (Lipinski definition) is 2. The van der Waals surface area contributed by atoms with Crippen molar-refractivity contribution in [3.05, 3.63) is 63.9 Å². The van der Waals surface area contributed by atoms with Crippen LogP contribution in [0, 0.1) is 0 Å². The lowest BCUT2D eigenvalue weighted by Gasteiger charge is -2.36. The number of hydrogen-bond donors (Lipinski definition) is 0. The van der Waals surface area contributed by atoms with Crippen molar-refractivity contribution < 1.29 is 4.79 Å².